The minimum absolute atomic E-state index is 0.129. The van der Waals surface area contributed by atoms with Crippen LogP contribution in [0.3, 0.4) is 0 Å². The predicted molar refractivity (Wildman–Crippen MR) is 123 cm³/mol. The Bertz CT molecular complexity index is 1210. The summed E-state index contributed by atoms with van der Waals surface area (Å²) in [5.74, 6) is 1.23. The van der Waals surface area contributed by atoms with E-state index in [1.165, 1.54) is 0 Å². The third-order valence-electron chi connectivity index (χ3n) is 5.06. The number of carbonyl (C=O) groups is 1. The maximum absolute atomic E-state index is 12.6. The molecule has 1 aromatic heterocycles. The number of ether oxygens (including phenoxy) is 2. The summed E-state index contributed by atoms with van der Waals surface area (Å²) in [6.07, 6.45) is 3.35. The number of amides is 1. The molecular weight excluding hydrogens is 402 g/mol. The molecule has 0 spiro atoms. The van der Waals surface area contributed by atoms with Crippen LogP contribution in [0.5, 0.6) is 17.5 Å². The van der Waals surface area contributed by atoms with Crippen LogP contribution in [0.25, 0.3) is 11.1 Å². The van der Waals surface area contributed by atoms with E-state index in [4.69, 9.17) is 9.47 Å². The van der Waals surface area contributed by atoms with Gasteiger partial charge in [-0.1, -0.05) is 36.4 Å². The Hall–Kier alpha value is -4.19. The standard InChI is InChI=1S/C26H23N3O3/c1-18-6-3-4-7-21(18)15-27-25(30)20-9-5-8-19(14-20)22-16-28-26(29-17-22)32-24-12-10-23(31-2)11-13-24/h3-14,16-17H,15H2,1-2H3,(H,27,30). The topological polar surface area (TPSA) is 73.3 Å². The van der Waals surface area contributed by atoms with E-state index in [1.807, 2.05) is 49.4 Å². The van der Waals surface area contributed by atoms with Gasteiger partial charge in [0.2, 0.25) is 0 Å². The van der Waals surface area contributed by atoms with Gasteiger partial charge in [0.1, 0.15) is 11.5 Å². The van der Waals surface area contributed by atoms with Crippen molar-refractivity contribution in [1.82, 2.24) is 15.3 Å². The first-order chi connectivity index (χ1) is 15.6. The van der Waals surface area contributed by atoms with Crippen molar-refractivity contribution in [3.63, 3.8) is 0 Å². The molecular formula is C26H23N3O3. The fraction of sp³-hybridized carbons (Fsp3) is 0.115. The summed E-state index contributed by atoms with van der Waals surface area (Å²) < 4.78 is 10.8. The number of hydrogen-bond acceptors (Lipinski definition) is 5. The predicted octanol–water partition coefficient (Wildman–Crippen LogP) is 5.18. The zero-order valence-corrected chi connectivity index (χ0v) is 17.9. The number of rotatable bonds is 7. The summed E-state index contributed by atoms with van der Waals surface area (Å²) in [6, 6.07) is 22.8. The highest BCUT2D eigenvalue weighted by molar-refractivity contribution is 5.95. The molecule has 3 aromatic carbocycles. The molecule has 0 radical (unpaired) electrons. The molecule has 0 aliphatic heterocycles. The zero-order valence-electron chi connectivity index (χ0n) is 17.9. The van der Waals surface area contributed by atoms with Crippen LogP contribution in [-0.4, -0.2) is 23.0 Å². The molecule has 0 bridgehead atoms. The highest BCUT2D eigenvalue weighted by atomic mass is 16.5. The van der Waals surface area contributed by atoms with E-state index in [0.717, 1.165) is 28.0 Å². The van der Waals surface area contributed by atoms with Crippen LogP contribution in [0, 0.1) is 6.92 Å². The Morgan fingerprint density at radius 1 is 0.875 bits per heavy atom. The van der Waals surface area contributed by atoms with Gasteiger partial charge < -0.3 is 14.8 Å². The van der Waals surface area contributed by atoms with E-state index in [0.29, 0.717) is 17.9 Å². The average molecular weight is 425 g/mol. The van der Waals surface area contributed by atoms with Crippen molar-refractivity contribution in [3.05, 3.63) is 102 Å². The second kappa shape index (κ2) is 9.75. The summed E-state index contributed by atoms with van der Waals surface area (Å²) in [5, 5.41) is 2.98. The van der Waals surface area contributed by atoms with Crippen LogP contribution in [-0.2, 0) is 6.54 Å². The number of carbonyl (C=O) groups excluding carboxylic acids is 1. The van der Waals surface area contributed by atoms with Gasteiger partial charge in [-0.25, -0.2) is 9.97 Å². The first-order valence-electron chi connectivity index (χ1n) is 10.2. The molecule has 32 heavy (non-hydrogen) atoms. The first kappa shape index (κ1) is 21.1. The summed E-state index contributed by atoms with van der Waals surface area (Å²) in [4.78, 5) is 21.2. The molecule has 1 amide bonds. The van der Waals surface area contributed by atoms with Crippen LogP contribution < -0.4 is 14.8 Å². The van der Waals surface area contributed by atoms with Crippen molar-refractivity contribution in [1.29, 1.82) is 0 Å². The van der Waals surface area contributed by atoms with E-state index in [2.05, 4.69) is 15.3 Å². The maximum Gasteiger partial charge on any atom is 0.321 e. The van der Waals surface area contributed by atoms with E-state index in [9.17, 15) is 4.79 Å². The largest absolute Gasteiger partial charge is 0.497 e. The van der Waals surface area contributed by atoms with Crippen molar-refractivity contribution in [2.24, 2.45) is 0 Å². The van der Waals surface area contributed by atoms with Crippen molar-refractivity contribution < 1.29 is 14.3 Å². The molecule has 1 N–H and O–H groups in total. The van der Waals surface area contributed by atoms with Gasteiger partial charge in [-0.3, -0.25) is 4.79 Å². The van der Waals surface area contributed by atoms with Gasteiger partial charge in [-0.05, 0) is 60.0 Å². The zero-order chi connectivity index (χ0) is 22.3. The van der Waals surface area contributed by atoms with Crippen LogP contribution in [0.15, 0.2) is 85.2 Å². The average Bonchev–Trinajstić information content (AvgIpc) is 2.84. The molecule has 0 aliphatic rings. The van der Waals surface area contributed by atoms with Gasteiger partial charge in [0.15, 0.2) is 0 Å². The Morgan fingerprint density at radius 2 is 1.59 bits per heavy atom. The highest BCUT2D eigenvalue weighted by Crippen LogP contribution is 2.24. The van der Waals surface area contributed by atoms with Gasteiger partial charge in [-0.2, -0.15) is 0 Å². The molecule has 0 aliphatic carbocycles. The molecule has 4 rings (SSSR count). The normalized spacial score (nSPS) is 10.4. The van der Waals surface area contributed by atoms with Crippen LogP contribution >= 0.6 is 0 Å². The van der Waals surface area contributed by atoms with Crippen LogP contribution in [0.2, 0.25) is 0 Å². The quantitative estimate of drug-likeness (QED) is 0.441. The van der Waals surface area contributed by atoms with Gasteiger partial charge in [-0.15, -0.1) is 0 Å². The minimum Gasteiger partial charge on any atom is -0.497 e. The second-order valence-electron chi connectivity index (χ2n) is 7.22. The maximum atomic E-state index is 12.6. The molecule has 6 heteroatoms. The number of aryl methyl sites for hydroxylation is 1. The summed E-state index contributed by atoms with van der Waals surface area (Å²) >= 11 is 0. The second-order valence-corrected chi connectivity index (χ2v) is 7.22. The first-order valence-corrected chi connectivity index (χ1v) is 10.2. The van der Waals surface area contributed by atoms with Crippen molar-refractivity contribution in [2.45, 2.75) is 13.5 Å². The molecule has 0 saturated heterocycles. The summed E-state index contributed by atoms with van der Waals surface area (Å²) in [6.45, 7) is 2.51. The summed E-state index contributed by atoms with van der Waals surface area (Å²) in [5.41, 5.74) is 4.47. The molecule has 0 saturated carbocycles. The lowest BCUT2D eigenvalue weighted by molar-refractivity contribution is 0.0951. The number of aromatic nitrogens is 2. The highest BCUT2D eigenvalue weighted by Gasteiger charge is 2.09. The fourth-order valence-corrected chi connectivity index (χ4v) is 3.19. The minimum atomic E-state index is -0.129. The number of methoxy groups -OCH3 is 1. The van der Waals surface area contributed by atoms with Crippen LogP contribution in [0.1, 0.15) is 21.5 Å². The van der Waals surface area contributed by atoms with Crippen molar-refractivity contribution in [2.75, 3.05) is 7.11 Å². The molecule has 1 heterocycles. The lowest BCUT2D eigenvalue weighted by Gasteiger charge is -2.09. The van der Waals surface area contributed by atoms with Gasteiger partial charge >= 0.3 is 6.01 Å². The third kappa shape index (κ3) is 5.10. The fourth-order valence-electron chi connectivity index (χ4n) is 3.19. The Kier molecular flexibility index (Phi) is 6.41. The Morgan fingerprint density at radius 3 is 2.31 bits per heavy atom. The number of nitrogens with zero attached hydrogens (tertiary/aromatic N) is 2. The molecule has 0 fully saturated rings. The lowest BCUT2D eigenvalue weighted by atomic mass is 10.1. The number of nitrogens with one attached hydrogen (secondary N) is 1. The smallest absolute Gasteiger partial charge is 0.321 e. The number of benzene rings is 3. The van der Waals surface area contributed by atoms with Gasteiger partial charge in [0.05, 0.1) is 7.11 Å². The van der Waals surface area contributed by atoms with Gasteiger partial charge in [0.25, 0.3) is 5.91 Å². The third-order valence-corrected chi connectivity index (χ3v) is 5.06. The molecule has 0 atom stereocenters. The van der Waals surface area contributed by atoms with E-state index < -0.39 is 0 Å². The molecule has 4 aromatic rings. The van der Waals surface area contributed by atoms with E-state index in [-0.39, 0.29) is 11.9 Å². The summed E-state index contributed by atoms with van der Waals surface area (Å²) in [7, 11) is 1.61. The van der Waals surface area contributed by atoms with Gasteiger partial charge in [0, 0.05) is 30.1 Å². The molecule has 0 unspecified atom stereocenters. The van der Waals surface area contributed by atoms with Crippen molar-refractivity contribution >= 4 is 5.91 Å². The number of hydrogen-bond donors (Lipinski definition) is 1. The Labute approximate surface area is 186 Å². The Balaban J connectivity index is 1.43. The SMILES string of the molecule is COc1ccc(Oc2ncc(-c3cccc(C(=O)NCc4ccccc4C)c3)cn2)cc1. The van der Waals surface area contributed by atoms with E-state index >= 15 is 0 Å². The molecule has 160 valence electrons. The lowest BCUT2D eigenvalue weighted by Crippen LogP contribution is -2.23. The monoisotopic (exact) mass is 425 g/mol. The molecule has 6 nitrogen and oxygen atoms in total. The van der Waals surface area contributed by atoms with Crippen molar-refractivity contribution in [3.8, 4) is 28.6 Å². The van der Waals surface area contributed by atoms with Crippen LogP contribution in [0.4, 0.5) is 0 Å². The van der Waals surface area contributed by atoms with E-state index in [1.54, 1.807) is 49.8 Å².